The summed E-state index contributed by atoms with van der Waals surface area (Å²) in [4.78, 5) is 0. The molecule has 192 valence electrons. The van der Waals surface area contributed by atoms with Crippen molar-refractivity contribution in [3.63, 3.8) is 0 Å². The molecular weight excluding hydrogens is 440 g/mol. The Morgan fingerprint density at radius 2 is 1.82 bits per heavy atom. The molecule has 0 radical (unpaired) electrons. The van der Waals surface area contributed by atoms with Crippen molar-refractivity contribution in [2.24, 2.45) is 46.8 Å². The summed E-state index contributed by atoms with van der Waals surface area (Å²) in [7, 11) is -3.41. The maximum atomic E-state index is 11.7. The molecule has 0 aromatic heterocycles. The molecular formula is C30H48O3S. The molecule has 0 heterocycles. The molecule has 1 aromatic rings. The van der Waals surface area contributed by atoms with E-state index in [1.807, 2.05) is 0 Å². The first-order valence-corrected chi connectivity index (χ1v) is 15.7. The zero-order valence-corrected chi connectivity index (χ0v) is 23.5. The van der Waals surface area contributed by atoms with Gasteiger partial charge in [-0.05, 0) is 121 Å². The fourth-order valence-electron chi connectivity index (χ4n) is 8.61. The minimum absolute atomic E-state index is 0.285. The molecule has 3 aliphatic rings. The number of aryl methyl sites for hydroxylation is 1. The van der Waals surface area contributed by atoms with E-state index in [9.17, 15) is 8.42 Å². The first-order valence-electron chi connectivity index (χ1n) is 13.8. The van der Waals surface area contributed by atoms with Gasteiger partial charge in [0.2, 0.25) is 0 Å². The molecule has 0 saturated heterocycles. The average Bonchev–Trinajstić information content (AvgIpc) is 3.12. The van der Waals surface area contributed by atoms with Crippen LogP contribution in [0.2, 0.25) is 0 Å². The lowest BCUT2D eigenvalue weighted by atomic mass is 9.52. The minimum atomic E-state index is -3.41. The summed E-state index contributed by atoms with van der Waals surface area (Å²) in [6, 6.07) is 7.00. The van der Waals surface area contributed by atoms with Gasteiger partial charge in [-0.1, -0.05) is 52.8 Å². The Bertz CT molecular complexity index is 967. The first kappa shape index (κ1) is 26.2. The molecule has 2 saturated carbocycles. The van der Waals surface area contributed by atoms with Crippen molar-refractivity contribution in [1.82, 2.24) is 0 Å². The standard InChI is InChI=1S/C30H48O3S/c1-19(2)22(5)23(18-33-34(7,31)32)17-21(4)28-13-14-29-27-12-11-24-20(3)9-8-10-25(24)26(27)15-16-30(28,29)6/h8-10,19,21-23,26-29H,11-18H2,1-7H3/t21-,22-,23+,26-,27-,28-,29+,30-/m1/s1. The third-order valence-corrected chi connectivity index (χ3v) is 11.3. The molecule has 3 aliphatic carbocycles. The third kappa shape index (κ3) is 5.01. The smallest absolute Gasteiger partial charge is 0.264 e. The maximum Gasteiger partial charge on any atom is 0.264 e. The Labute approximate surface area is 209 Å². The van der Waals surface area contributed by atoms with E-state index >= 15 is 0 Å². The topological polar surface area (TPSA) is 43.4 Å². The molecule has 2 fully saturated rings. The Morgan fingerprint density at radius 3 is 2.50 bits per heavy atom. The molecule has 0 amide bonds. The van der Waals surface area contributed by atoms with Gasteiger partial charge in [0.25, 0.3) is 10.1 Å². The van der Waals surface area contributed by atoms with Crippen LogP contribution >= 0.6 is 0 Å². The van der Waals surface area contributed by atoms with Crippen LogP contribution in [0.15, 0.2) is 18.2 Å². The molecule has 0 spiro atoms. The number of benzene rings is 1. The van der Waals surface area contributed by atoms with Gasteiger partial charge in [0.15, 0.2) is 0 Å². The second-order valence-electron chi connectivity index (χ2n) is 12.9. The number of fused-ring (bicyclic) bond motifs is 5. The summed E-state index contributed by atoms with van der Waals surface area (Å²) in [5.74, 6) is 5.01. The molecule has 0 N–H and O–H groups in total. The van der Waals surface area contributed by atoms with Crippen molar-refractivity contribution in [1.29, 1.82) is 0 Å². The molecule has 8 atom stereocenters. The van der Waals surface area contributed by atoms with Crippen LogP contribution in [0.3, 0.4) is 0 Å². The van der Waals surface area contributed by atoms with Crippen LogP contribution in [-0.4, -0.2) is 21.3 Å². The van der Waals surface area contributed by atoms with Gasteiger partial charge in [-0.3, -0.25) is 4.18 Å². The summed E-state index contributed by atoms with van der Waals surface area (Å²) in [5, 5.41) is 0. The lowest BCUT2D eigenvalue weighted by Crippen LogP contribution is -2.44. The molecule has 3 nitrogen and oxygen atoms in total. The molecule has 34 heavy (non-hydrogen) atoms. The van der Waals surface area contributed by atoms with E-state index in [1.165, 1.54) is 50.3 Å². The summed E-state index contributed by atoms with van der Waals surface area (Å²) in [6.07, 6.45) is 10.2. The minimum Gasteiger partial charge on any atom is -0.270 e. The first-order chi connectivity index (χ1) is 15.9. The van der Waals surface area contributed by atoms with E-state index in [4.69, 9.17) is 4.18 Å². The second kappa shape index (κ2) is 9.88. The van der Waals surface area contributed by atoms with Crippen LogP contribution in [0.5, 0.6) is 0 Å². The fraction of sp³-hybridized carbons (Fsp3) is 0.800. The van der Waals surface area contributed by atoms with Crippen LogP contribution in [0.1, 0.15) is 95.8 Å². The van der Waals surface area contributed by atoms with E-state index in [2.05, 4.69) is 59.7 Å². The van der Waals surface area contributed by atoms with Crippen LogP contribution < -0.4 is 0 Å². The lowest BCUT2D eigenvalue weighted by Gasteiger charge is -2.52. The highest BCUT2D eigenvalue weighted by Gasteiger charge is 2.55. The molecule has 0 aliphatic heterocycles. The van der Waals surface area contributed by atoms with E-state index < -0.39 is 10.1 Å². The van der Waals surface area contributed by atoms with Crippen LogP contribution in [0, 0.1) is 53.8 Å². The molecule has 4 heteroatoms. The predicted molar refractivity (Wildman–Crippen MR) is 141 cm³/mol. The van der Waals surface area contributed by atoms with Crippen molar-refractivity contribution in [2.45, 2.75) is 92.4 Å². The van der Waals surface area contributed by atoms with Crippen molar-refractivity contribution in [3.8, 4) is 0 Å². The summed E-state index contributed by atoms with van der Waals surface area (Å²) in [6.45, 7) is 14.5. The van der Waals surface area contributed by atoms with Gasteiger partial charge < -0.3 is 0 Å². The maximum absolute atomic E-state index is 11.7. The van der Waals surface area contributed by atoms with Gasteiger partial charge in [0.05, 0.1) is 12.9 Å². The Kier molecular flexibility index (Phi) is 7.62. The number of hydrogen-bond donors (Lipinski definition) is 0. The largest absolute Gasteiger partial charge is 0.270 e. The van der Waals surface area contributed by atoms with Crippen LogP contribution in [0.25, 0.3) is 0 Å². The van der Waals surface area contributed by atoms with Crippen molar-refractivity contribution in [2.75, 3.05) is 12.9 Å². The highest BCUT2D eigenvalue weighted by Crippen LogP contribution is 2.64. The highest BCUT2D eigenvalue weighted by molar-refractivity contribution is 7.85. The van der Waals surface area contributed by atoms with E-state index in [1.54, 1.807) is 11.1 Å². The fourth-order valence-corrected chi connectivity index (χ4v) is 9.03. The number of rotatable bonds is 8. The van der Waals surface area contributed by atoms with Gasteiger partial charge in [-0.2, -0.15) is 8.42 Å². The zero-order chi connectivity index (χ0) is 24.8. The summed E-state index contributed by atoms with van der Waals surface area (Å²) < 4.78 is 28.8. The van der Waals surface area contributed by atoms with E-state index in [-0.39, 0.29) is 5.92 Å². The summed E-state index contributed by atoms with van der Waals surface area (Å²) >= 11 is 0. The molecule has 0 bridgehead atoms. The third-order valence-electron chi connectivity index (χ3n) is 10.7. The molecule has 1 aromatic carbocycles. The Balaban J connectivity index is 1.50. The molecule has 0 unspecified atom stereocenters. The van der Waals surface area contributed by atoms with Gasteiger partial charge in [0, 0.05) is 0 Å². The molecule has 4 rings (SSSR count). The predicted octanol–water partition coefficient (Wildman–Crippen LogP) is 7.38. The van der Waals surface area contributed by atoms with Crippen molar-refractivity contribution >= 4 is 10.1 Å². The van der Waals surface area contributed by atoms with E-state index in [0.717, 1.165) is 30.1 Å². The monoisotopic (exact) mass is 488 g/mol. The van der Waals surface area contributed by atoms with E-state index in [0.29, 0.717) is 29.8 Å². The van der Waals surface area contributed by atoms with Gasteiger partial charge in [0.1, 0.15) is 0 Å². The number of hydrogen-bond acceptors (Lipinski definition) is 3. The van der Waals surface area contributed by atoms with Crippen molar-refractivity contribution < 1.29 is 12.6 Å². The van der Waals surface area contributed by atoms with Gasteiger partial charge >= 0.3 is 0 Å². The Morgan fingerprint density at radius 1 is 1.09 bits per heavy atom. The normalized spacial score (nSPS) is 33.6. The highest BCUT2D eigenvalue weighted by atomic mass is 32.2. The summed E-state index contributed by atoms with van der Waals surface area (Å²) in [5.41, 5.74) is 5.22. The van der Waals surface area contributed by atoms with Crippen LogP contribution in [0.4, 0.5) is 0 Å². The zero-order valence-electron chi connectivity index (χ0n) is 22.6. The SMILES string of the molecule is Cc1cccc2c1CC[C@@H]1[C@@H]2CC[C@]2(C)[C@@H]([C@H](C)C[C@@H](COS(C)(=O)=O)[C@H](C)C(C)C)CC[C@@H]12. The lowest BCUT2D eigenvalue weighted by molar-refractivity contribution is 0.00333. The average molecular weight is 489 g/mol. The Hall–Kier alpha value is -0.870. The second-order valence-corrected chi connectivity index (χ2v) is 14.5. The quantitative estimate of drug-likeness (QED) is 0.359. The van der Waals surface area contributed by atoms with Crippen LogP contribution in [-0.2, 0) is 20.7 Å². The van der Waals surface area contributed by atoms with Gasteiger partial charge in [-0.25, -0.2) is 0 Å². The van der Waals surface area contributed by atoms with Crippen molar-refractivity contribution in [3.05, 3.63) is 34.9 Å². The van der Waals surface area contributed by atoms with Gasteiger partial charge in [-0.15, -0.1) is 0 Å².